The van der Waals surface area contributed by atoms with E-state index in [1.54, 1.807) is 17.8 Å². The summed E-state index contributed by atoms with van der Waals surface area (Å²) in [7, 11) is 0. The molecule has 8 heteroatoms. The molecule has 0 saturated carbocycles. The molecule has 0 spiro atoms. The third kappa shape index (κ3) is 7.84. The third-order valence-electron chi connectivity index (χ3n) is 3.24. The van der Waals surface area contributed by atoms with Gasteiger partial charge in [0, 0.05) is 21.6 Å². The maximum atomic E-state index is 12.3. The molecule has 0 aliphatic carbocycles. The number of nitrogens with one attached hydrogen (secondary N) is 1. The van der Waals surface area contributed by atoms with Crippen LogP contribution in [0.2, 0.25) is 0 Å². The first kappa shape index (κ1) is 21.0. The van der Waals surface area contributed by atoms with E-state index in [0.717, 1.165) is 10.5 Å². The van der Waals surface area contributed by atoms with Gasteiger partial charge in [0.15, 0.2) is 6.61 Å². The highest BCUT2D eigenvalue weighted by atomic mass is 32.2. The third-order valence-corrected chi connectivity index (χ3v) is 4.70. The zero-order chi connectivity index (χ0) is 19.6. The van der Waals surface area contributed by atoms with Crippen molar-refractivity contribution in [2.45, 2.75) is 15.5 Å². The highest BCUT2D eigenvalue weighted by molar-refractivity contribution is 7.99. The summed E-state index contributed by atoms with van der Waals surface area (Å²) in [5, 5.41) is 2.52. The number of anilines is 1. The summed E-state index contributed by atoms with van der Waals surface area (Å²) in [4.78, 5) is 25.0. The van der Waals surface area contributed by atoms with Crippen molar-refractivity contribution >= 4 is 47.2 Å². The lowest BCUT2D eigenvalue weighted by atomic mass is 10.2. The van der Waals surface area contributed by atoms with Gasteiger partial charge in [-0.25, -0.2) is 4.79 Å². The van der Waals surface area contributed by atoms with Crippen LogP contribution in [0, 0.1) is 0 Å². The van der Waals surface area contributed by atoms with Crippen LogP contribution >= 0.6 is 23.5 Å². The molecule has 142 valence electrons. The van der Waals surface area contributed by atoms with Crippen molar-refractivity contribution in [1.82, 2.24) is 0 Å². The van der Waals surface area contributed by atoms with Gasteiger partial charge in [-0.3, -0.25) is 4.79 Å². The van der Waals surface area contributed by atoms with Crippen LogP contribution in [0.1, 0.15) is 5.56 Å². The maximum absolute atomic E-state index is 12.3. The molecule has 4 nitrogen and oxygen atoms in total. The molecule has 2 aromatic rings. The van der Waals surface area contributed by atoms with Gasteiger partial charge in [-0.2, -0.15) is 8.78 Å². The van der Waals surface area contributed by atoms with Gasteiger partial charge >= 0.3 is 5.97 Å². The molecule has 0 aliphatic rings. The molecule has 1 N–H and O–H groups in total. The minimum absolute atomic E-state index is 0.394. The van der Waals surface area contributed by atoms with E-state index in [1.807, 2.05) is 30.5 Å². The number of esters is 1. The fourth-order valence-electron chi connectivity index (χ4n) is 1.98. The molecule has 0 saturated heterocycles. The van der Waals surface area contributed by atoms with Crippen molar-refractivity contribution in [3.05, 3.63) is 60.2 Å². The van der Waals surface area contributed by atoms with Gasteiger partial charge in [0.25, 0.3) is 11.7 Å². The molecule has 0 aliphatic heterocycles. The Labute approximate surface area is 164 Å². The summed E-state index contributed by atoms with van der Waals surface area (Å²) in [6.07, 6.45) is 4.82. The van der Waals surface area contributed by atoms with Crippen molar-refractivity contribution in [1.29, 1.82) is 0 Å². The van der Waals surface area contributed by atoms with Gasteiger partial charge < -0.3 is 10.1 Å². The lowest BCUT2D eigenvalue weighted by Crippen LogP contribution is -2.20. The summed E-state index contributed by atoms with van der Waals surface area (Å²) < 4.78 is 29.4. The predicted octanol–water partition coefficient (Wildman–Crippen LogP) is 4.92. The standard InChI is InChI=1S/C19H17F2NO3S2/c1-26-15-7-2-13(3-8-15)4-11-18(24)25-12-17(23)22-14-5-9-16(10-6-14)27-19(20)21/h2-11,19H,12H2,1H3,(H,22,23)/b11-4+. The van der Waals surface area contributed by atoms with Crippen molar-refractivity contribution < 1.29 is 23.1 Å². The summed E-state index contributed by atoms with van der Waals surface area (Å²) >= 11 is 2.04. The Morgan fingerprint density at radius 3 is 2.30 bits per heavy atom. The largest absolute Gasteiger partial charge is 0.452 e. The summed E-state index contributed by atoms with van der Waals surface area (Å²) in [6, 6.07) is 13.6. The van der Waals surface area contributed by atoms with Gasteiger partial charge in [0.2, 0.25) is 0 Å². The Morgan fingerprint density at radius 2 is 1.70 bits per heavy atom. The van der Waals surface area contributed by atoms with E-state index < -0.39 is 24.2 Å². The van der Waals surface area contributed by atoms with Crippen LogP contribution in [0.15, 0.2) is 64.4 Å². The van der Waals surface area contributed by atoms with Crippen LogP contribution in [-0.4, -0.2) is 30.5 Å². The molecule has 1 amide bonds. The van der Waals surface area contributed by atoms with E-state index >= 15 is 0 Å². The van der Waals surface area contributed by atoms with Crippen LogP contribution in [0.25, 0.3) is 6.08 Å². The van der Waals surface area contributed by atoms with E-state index in [-0.39, 0.29) is 0 Å². The Kier molecular flexibility index (Phi) is 8.35. The molecule has 0 bridgehead atoms. The zero-order valence-corrected chi connectivity index (χ0v) is 16.0. The Bertz CT molecular complexity index is 794. The predicted molar refractivity (Wildman–Crippen MR) is 105 cm³/mol. The van der Waals surface area contributed by atoms with Crippen molar-refractivity contribution in [2.75, 3.05) is 18.2 Å². The van der Waals surface area contributed by atoms with E-state index in [0.29, 0.717) is 22.3 Å². The van der Waals surface area contributed by atoms with Gasteiger partial charge in [0.1, 0.15) is 0 Å². The summed E-state index contributed by atoms with van der Waals surface area (Å²) in [5.74, 6) is -3.65. The number of hydrogen-bond donors (Lipinski definition) is 1. The number of amides is 1. The molecule has 2 rings (SSSR count). The highest BCUT2D eigenvalue weighted by Gasteiger charge is 2.08. The monoisotopic (exact) mass is 409 g/mol. The van der Waals surface area contributed by atoms with Crippen LogP contribution < -0.4 is 5.32 Å². The van der Waals surface area contributed by atoms with E-state index in [4.69, 9.17) is 4.74 Å². The number of halogens is 2. The fourth-order valence-corrected chi connectivity index (χ4v) is 2.89. The van der Waals surface area contributed by atoms with Crippen molar-refractivity contribution in [3.8, 4) is 0 Å². The number of thioether (sulfide) groups is 2. The quantitative estimate of drug-likeness (QED) is 0.381. The first-order chi connectivity index (χ1) is 13.0. The molecule has 0 heterocycles. The Balaban J connectivity index is 1.77. The summed E-state index contributed by atoms with van der Waals surface area (Å²) in [6.45, 7) is -0.442. The number of ether oxygens (including phenoxy) is 1. The number of hydrogen-bond acceptors (Lipinski definition) is 5. The van der Waals surface area contributed by atoms with E-state index in [1.165, 1.54) is 30.3 Å². The molecule has 27 heavy (non-hydrogen) atoms. The van der Waals surface area contributed by atoms with Crippen LogP contribution in [0.3, 0.4) is 0 Å². The lowest BCUT2D eigenvalue weighted by molar-refractivity contribution is -0.142. The smallest absolute Gasteiger partial charge is 0.331 e. The van der Waals surface area contributed by atoms with Gasteiger partial charge in [-0.05, 0) is 54.3 Å². The topological polar surface area (TPSA) is 55.4 Å². The average Bonchev–Trinajstić information content (AvgIpc) is 2.66. The SMILES string of the molecule is CSc1ccc(/C=C/C(=O)OCC(=O)Nc2ccc(SC(F)F)cc2)cc1. The number of alkyl halides is 2. The molecular formula is C19H17F2NO3S2. The van der Waals surface area contributed by atoms with E-state index in [2.05, 4.69) is 5.32 Å². The Hall–Kier alpha value is -2.32. The second-order valence-corrected chi connectivity index (χ2v) is 7.11. The normalized spacial score (nSPS) is 11.0. The molecule has 0 atom stereocenters. The second-order valence-electron chi connectivity index (χ2n) is 5.17. The van der Waals surface area contributed by atoms with Gasteiger partial charge in [-0.1, -0.05) is 23.9 Å². The zero-order valence-electron chi connectivity index (χ0n) is 14.4. The van der Waals surface area contributed by atoms with Crippen LogP contribution in [0.5, 0.6) is 0 Å². The number of benzene rings is 2. The maximum Gasteiger partial charge on any atom is 0.331 e. The van der Waals surface area contributed by atoms with E-state index in [9.17, 15) is 18.4 Å². The number of rotatable bonds is 8. The minimum Gasteiger partial charge on any atom is -0.452 e. The Morgan fingerprint density at radius 1 is 1.07 bits per heavy atom. The number of carbonyl (C=O) groups excluding carboxylic acids is 2. The second kappa shape index (κ2) is 10.7. The van der Waals surface area contributed by atoms with Gasteiger partial charge in [0.05, 0.1) is 0 Å². The summed E-state index contributed by atoms with van der Waals surface area (Å²) in [5.41, 5.74) is 1.27. The molecule has 0 radical (unpaired) electrons. The van der Waals surface area contributed by atoms with Gasteiger partial charge in [-0.15, -0.1) is 11.8 Å². The molecule has 0 aromatic heterocycles. The first-order valence-corrected chi connectivity index (χ1v) is 9.90. The molecule has 2 aromatic carbocycles. The van der Waals surface area contributed by atoms with Crippen molar-refractivity contribution in [2.24, 2.45) is 0 Å². The van der Waals surface area contributed by atoms with Crippen LogP contribution in [-0.2, 0) is 14.3 Å². The lowest BCUT2D eigenvalue weighted by Gasteiger charge is -2.06. The minimum atomic E-state index is -2.50. The molecular weight excluding hydrogens is 392 g/mol. The average molecular weight is 409 g/mol. The fraction of sp³-hybridized carbons (Fsp3) is 0.158. The molecule has 0 unspecified atom stereocenters. The molecule has 0 fully saturated rings. The van der Waals surface area contributed by atoms with Crippen LogP contribution in [0.4, 0.5) is 14.5 Å². The van der Waals surface area contributed by atoms with Crippen molar-refractivity contribution in [3.63, 3.8) is 0 Å². The number of carbonyl (C=O) groups is 2. The first-order valence-electron chi connectivity index (χ1n) is 7.80. The highest BCUT2D eigenvalue weighted by Crippen LogP contribution is 2.26.